The number of thiophene rings is 1. The largest absolute Gasteiger partial charge is 0.311 e. The van der Waals surface area contributed by atoms with Crippen LogP contribution in [0.1, 0.15) is 22.3 Å². The summed E-state index contributed by atoms with van der Waals surface area (Å²) in [5.41, 5.74) is 17.9. The van der Waals surface area contributed by atoms with Crippen molar-refractivity contribution in [3.8, 4) is 44.5 Å². The minimum Gasteiger partial charge on any atom is -0.311 e. The van der Waals surface area contributed by atoms with Crippen LogP contribution < -0.4 is 4.90 Å². The van der Waals surface area contributed by atoms with E-state index in [9.17, 15) is 0 Å². The van der Waals surface area contributed by atoms with Gasteiger partial charge in [0.25, 0.3) is 0 Å². The van der Waals surface area contributed by atoms with E-state index in [2.05, 4.69) is 266 Å². The standard InChI is InChI=1S/C65H43NS/c1-3-17-49(18-4-1)65(50-19-5-2-6-20-50)61-27-11-9-22-57(61)58-42-35-48(43-62(58)65)44-29-36-51(37-30-44)66(52-38-31-46(32-39-52)55-24-13-16-45-15-7-8-21-54(45)55)53-40-33-47(34-41-53)56-25-14-26-60-59-23-10-12-28-63(59)67-64(56)60/h1-43H. The second-order valence-corrected chi connectivity index (χ2v) is 18.6. The second kappa shape index (κ2) is 16.0. The molecule has 0 N–H and O–H groups in total. The van der Waals surface area contributed by atoms with Gasteiger partial charge in [-0.3, -0.25) is 0 Å². The van der Waals surface area contributed by atoms with Crippen LogP contribution in [0.25, 0.3) is 75.5 Å². The van der Waals surface area contributed by atoms with Crippen molar-refractivity contribution in [3.63, 3.8) is 0 Å². The van der Waals surface area contributed by atoms with Crippen molar-refractivity contribution < 1.29 is 0 Å². The van der Waals surface area contributed by atoms with Gasteiger partial charge in [0.2, 0.25) is 0 Å². The summed E-state index contributed by atoms with van der Waals surface area (Å²) < 4.78 is 2.65. The summed E-state index contributed by atoms with van der Waals surface area (Å²) in [6, 6.07) is 96.2. The third kappa shape index (κ3) is 6.37. The molecule has 0 unspecified atom stereocenters. The fraction of sp³-hybridized carbons (Fsp3) is 0.0154. The van der Waals surface area contributed by atoms with Crippen LogP contribution >= 0.6 is 11.3 Å². The van der Waals surface area contributed by atoms with Crippen LogP contribution in [0.15, 0.2) is 261 Å². The van der Waals surface area contributed by atoms with Gasteiger partial charge in [-0.25, -0.2) is 0 Å². The molecule has 67 heavy (non-hydrogen) atoms. The van der Waals surface area contributed by atoms with Gasteiger partial charge in [0, 0.05) is 37.2 Å². The van der Waals surface area contributed by atoms with Crippen molar-refractivity contribution in [2.45, 2.75) is 5.41 Å². The molecule has 0 spiro atoms. The van der Waals surface area contributed by atoms with Crippen molar-refractivity contribution in [3.05, 3.63) is 283 Å². The Hall–Kier alpha value is -8.30. The molecule has 0 bridgehead atoms. The lowest BCUT2D eigenvalue weighted by Gasteiger charge is -2.34. The third-order valence-corrected chi connectivity index (χ3v) is 15.2. The van der Waals surface area contributed by atoms with E-state index in [4.69, 9.17) is 0 Å². The van der Waals surface area contributed by atoms with E-state index < -0.39 is 5.41 Å². The number of hydrogen-bond acceptors (Lipinski definition) is 2. The smallest absolute Gasteiger partial charge is 0.0713 e. The van der Waals surface area contributed by atoms with Crippen LogP contribution in [0.5, 0.6) is 0 Å². The van der Waals surface area contributed by atoms with Gasteiger partial charge in [0.1, 0.15) is 0 Å². The highest BCUT2D eigenvalue weighted by atomic mass is 32.1. The van der Waals surface area contributed by atoms with E-state index >= 15 is 0 Å². The molecular weight excluding hydrogens is 827 g/mol. The molecule has 0 saturated heterocycles. The molecule has 2 heteroatoms. The molecule has 0 aliphatic heterocycles. The Morgan fingerprint density at radius 1 is 0.299 bits per heavy atom. The van der Waals surface area contributed by atoms with Crippen LogP contribution in [0.3, 0.4) is 0 Å². The van der Waals surface area contributed by atoms with Gasteiger partial charge in [-0.1, -0.05) is 212 Å². The summed E-state index contributed by atoms with van der Waals surface area (Å²) in [6.07, 6.45) is 0. The van der Waals surface area contributed by atoms with E-state index in [1.54, 1.807) is 0 Å². The first-order valence-corrected chi connectivity index (χ1v) is 23.9. The van der Waals surface area contributed by atoms with Crippen LogP contribution in [0, 0.1) is 0 Å². The average molecular weight is 870 g/mol. The van der Waals surface area contributed by atoms with E-state index in [0.717, 1.165) is 17.1 Å². The molecule has 12 aromatic rings. The van der Waals surface area contributed by atoms with E-state index in [1.807, 2.05) is 11.3 Å². The summed E-state index contributed by atoms with van der Waals surface area (Å²) in [5.74, 6) is 0. The zero-order valence-electron chi connectivity index (χ0n) is 36.7. The first-order valence-electron chi connectivity index (χ1n) is 23.1. The minimum absolute atomic E-state index is 0.450. The van der Waals surface area contributed by atoms with Gasteiger partial charge < -0.3 is 4.90 Å². The molecule has 1 nitrogen and oxygen atoms in total. The molecule has 314 valence electrons. The Bertz CT molecular complexity index is 3730. The van der Waals surface area contributed by atoms with Crippen molar-refractivity contribution >= 4 is 59.3 Å². The third-order valence-electron chi connectivity index (χ3n) is 14.0. The summed E-state index contributed by atoms with van der Waals surface area (Å²) in [6.45, 7) is 0. The molecule has 13 rings (SSSR count). The predicted octanol–water partition coefficient (Wildman–Crippen LogP) is 18.0. The first kappa shape index (κ1) is 39.1. The summed E-state index contributed by atoms with van der Waals surface area (Å²) >= 11 is 1.88. The van der Waals surface area contributed by atoms with Crippen molar-refractivity contribution in [1.29, 1.82) is 0 Å². The van der Waals surface area contributed by atoms with Crippen LogP contribution in [0.4, 0.5) is 17.1 Å². The van der Waals surface area contributed by atoms with Crippen molar-refractivity contribution in [2.75, 3.05) is 4.90 Å². The van der Waals surface area contributed by atoms with E-state index in [-0.39, 0.29) is 0 Å². The summed E-state index contributed by atoms with van der Waals surface area (Å²) in [5, 5.41) is 5.14. The molecule has 11 aromatic carbocycles. The van der Waals surface area contributed by atoms with Gasteiger partial charge in [-0.15, -0.1) is 11.3 Å². The van der Waals surface area contributed by atoms with Crippen LogP contribution in [0.2, 0.25) is 0 Å². The maximum atomic E-state index is 2.45. The number of fused-ring (bicyclic) bond motifs is 7. The van der Waals surface area contributed by atoms with Crippen LogP contribution in [-0.4, -0.2) is 0 Å². The maximum absolute atomic E-state index is 2.45. The molecule has 1 aromatic heterocycles. The highest BCUT2D eigenvalue weighted by Gasteiger charge is 2.46. The number of rotatable bonds is 8. The van der Waals surface area contributed by atoms with E-state index in [0.29, 0.717) is 0 Å². The molecular formula is C65H43NS. The van der Waals surface area contributed by atoms with Gasteiger partial charge >= 0.3 is 0 Å². The monoisotopic (exact) mass is 869 g/mol. The molecule has 1 aliphatic carbocycles. The van der Waals surface area contributed by atoms with Crippen LogP contribution in [-0.2, 0) is 5.41 Å². The average Bonchev–Trinajstić information content (AvgIpc) is 3.94. The quantitative estimate of drug-likeness (QED) is 0.147. The Morgan fingerprint density at radius 3 is 1.48 bits per heavy atom. The fourth-order valence-corrected chi connectivity index (χ4v) is 12.1. The molecule has 0 atom stereocenters. The summed E-state index contributed by atoms with van der Waals surface area (Å²) in [7, 11) is 0. The Labute approximate surface area is 395 Å². The second-order valence-electron chi connectivity index (χ2n) is 17.6. The highest BCUT2D eigenvalue weighted by Crippen LogP contribution is 2.57. The van der Waals surface area contributed by atoms with Gasteiger partial charge in [0.05, 0.1) is 5.41 Å². The van der Waals surface area contributed by atoms with Gasteiger partial charge in [-0.05, 0) is 126 Å². The SMILES string of the molecule is c1ccc(C2(c3ccccc3)c3ccccc3-c3ccc(-c4ccc(N(c5ccc(-c6cccc7ccccc67)cc5)c5ccc(-c6cccc7c6sc6ccccc67)cc5)cc4)cc32)cc1. The van der Waals surface area contributed by atoms with Crippen molar-refractivity contribution in [1.82, 2.24) is 0 Å². The normalized spacial score (nSPS) is 12.6. The lowest BCUT2D eigenvalue weighted by molar-refractivity contribution is 0.769. The lowest BCUT2D eigenvalue weighted by atomic mass is 9.67. The van der Waals surface area contributed by atoms with Crippen molar-refractivity contribution in [2.24, 2.45) is 0 Å². The Balaban J connectivity index is 0.914. The summed E-state index contributed by atoms with van der Waals surface area (Å²) in [4.78, 5) is 2.38. The lowest BCUT2D eigenvalue weighted by Crippen LogP contribution is -2.28. The maximum Gasteiger partial charge on any atom is 0.0713 e. The molecule has 0 radical (unpaired) electrons. The molecule has 0 amide bonds. The number of anilines is 3. The minimum atomic E-state index is -0.450. The Morgan fingerprint density at radius 2 is 0.776 bits per heavy atom. The highest BCUT2D eigenvalue weighted by molar-refractivity contribution is 7.26. The first-order chi connectivity index (χ1) is 33.2. The molecule has 0 saturated carbocycles. The molecule has 1 heterocycles. The molecule has 1 aliphatic rings. The number of nitrogens with zero attached hydrogens (tertiary/aromatic N) is 1. The van der Waals surface area contributed by atoms with Gasteiger partial charge in [0.15, 0.2) is 0 Å². The zero-order chi connectivity index (χ0) is 44.3. The topological polar surface area (TPSA) is 3.24 Å². The van der Waals surface area contributed by atoms with Gasteiger partial charge in [-0.2, -0.15) is 0 Å². The Kier molecular flexibility index (Phi) is 9.33. The number of hydrogen-bond donors (Lipinski definition) is 0. The zero-order valence-corrected chi connectivity index (χ0v) is 37.5. The molecule has 0 fully saturated rings. The predicted molar refractivity (Wildman–Crippen MR) is 285 cm³/mol. The fourth-order valence-electron chi connectivity index (χ4n) is 10.9. The number of benzene rings is 11. The van der Waals surface area contributed by atoms with E-state index in [1.165, 1.54) is 97.7 Å².